The van der Waals surface area contributed by atoms with Gasteiger partial charge in [0.25, 0.3) is 5.91 Å². The van der Waals surface area contributed by atoms with E-state index in [1.165, 1.54) is 5.32 Å². The van der Waals surface area contributed by atoms with Crippen LogP contribution in [0.3, 0.4) is 0 Å². The van der Waals surface area contributed by atoms with Crippen molar-refractivity contribution in [2.45, 2.75) is 55.1 Å². The zero-order chi connectivity index (χ0) is 31.4. The quantitative estimate of drug-likeness (QED) is 0.0719. The molecule has 0 aromatic heterocycles. The summed E-state index contributed by atoms with van der Waals surface area (Å²) in [7, 11) is -23.3. The lowest BCUT2D eigenvalue weighted by molar-refractivity contribution is -0.237. The largest absolute Gasteiger partial charge is 0.398 e. The van der Waals surface area contributed by atoms with Crippen LogP contribution in [0.25, 0.3) is 0 Å². The molecule has 9 atom stereocenters. The molecule has 1 unspecified atom stereocenters. The Labute approximate surface area is 224 Å². The highest BCUT2D eigenvalue weighted by Gasteiger charge is 2.50. The van der Waals surface area contributed by atoms with Crippen molar-refractivity contribution >= 4 is 47.5 Å². The van der Waals surface area contributed by atoms with E-state index < -0.39 is 116 Å². The Kier molecular flexibility index (Phi) is 12.7. The number of nitrogens with one attached hydrogen (secondary N) is 1. The normalized spacial score (nSPS) is 27.9. The third-order valence-corrected chi connectivity index (χ3v) is 6.33. The second kappa shape index (κ2) is 13.8. The van der Waals surface area contributed by atoms with Crippen LogP contribution in [0.1, 0.15) is 0 Å². The van der Waals surface area contributed by atoms with E-state index >= 15 is 0 Å². The average Bonchev–Trinajstić information content (AvgIpc) is 2.76. The van der Waals surface area contributed by atoms with Crippen LogP contribution >= 0.6 is 0 Å². The van der Waals surface area contributed by atoms with Crippen molar-refractivity contribution in [1.82, 2.24) is 5.32 Å². The van der Waals surface area contributed by atoms with E-state index in [2.05, 4.69) is 16.7 Å². The van der Waals surface area contributed by atoms with Crippen LogP contribution < -0.4 is 5.32 Å². The van der Waals surface area contributed by atoms with Gasteiger partial charge in [0, 0.05) is 0 Å². The number of carbonyl (C=O) groups excluding carboxylic acids is 1. The van der Waals surface area contributed by atoms with Gasteiger partial charge in [0.15, 0.2) is 12.3 Å². The van der Waals surface area contributed by atoms with Crippen molar-refractivity contribution in [3.63, 3.8) is 0 Å². The highest BCUT2D eigenvalue weighted by molar-refractivity contribution is 7.81. The maximum atomic E-state index is 12.9. The first-order valence-electron chi connectivity index (χ1n) is 9.73. The molecule has 1 amide bonds. The number of carbonyl (C=O) groups is 1. The molecule has 238 valence electrons. The second-order valence-corrected chi connectivity index (χ2v) is 11.7. The molecule has 0 aromatic carbocycles. The van der Waals surface area contributed by atoms with Crippen LogP contribution in [0.2, 0.25) is 0 Å². The van der Waals surface area contributed by atoms with Crippen LogP contribution in [0.5, 0.6) is 0 Å². The van der Waals surface area contributed by atoms with E-state index in [1.54, 1.807) is 0 Å². The van der Waals surface area contributed by atoms with E-state index in [0.717, 1.165) is 0 Å². The second-order valence-electron chi connectivity index (χ2n) is 7.46. The van der Waals surface area contributed by atoms with Gasteiger partial charge in [-0.05, 0) is 0 Å². The highest BCUT2D eigenvalue weighted by atomic mass is 32.3. The lowest BCUT2D eigenvalue weighted by atomic mass is 9.98. The molecular formula is C12H23NO23S4. The first-order chi connectivity index (χ1) is 17.8. The summed E-state index contributed by atoms with van der Waals surface area (Å²) in [5, 5.41) is 50.5. The van der Waals surface area contributed by atoms with Gasteiger partial charge in [-0.1, -0.05) is 0 Å². The molecule has 0 radical (unpaired) electrons. The lowest BCUT2D eigenvalue weighted by Gasteiger charge is -2.40. The van der Waals surface area contributed by atoms with E-state index in [0.29, 0.717) is 0 Å². The third-order valence-electron chi connectivity index (χ3n) is 4.52. The molecule has 1 aliphatic rings. The number of amides is 1. The van der Waals surface area contributed by atoms with E-state index in [4.69, 9.17) is 22.9 Å². The highest BCUT2D eigenvalue weighted by Crippen LogP contribution is 2.24. The van der Waals surface area contributed by atoms with Gasteiger partial charge < -0.3 is 35.6 Å². The number of hydrogen-bond acceptors (Lipinski definition) is 19. The van der Waals surface area contributed by atoms with Gasteiger partial charge in [-0.25, -0.2) is 16.7 Å². The van der Waals surface area contributed by atoms with Crippen LogP contribution in [0.15, 0.2) is 0 Å². The average molecular weight is 678 g/mol. The molecule has 40 heavy (non-hydrogen) atoms. The fourth-order valence-corrected chi connectivity index (χ4v) is 4.75. The van der Waals surface area contributed by atoms with Crippen molar-refractivity contribution in [3.8, 4) is 0 Å². The topological polar surface area (TPSA) is 394 Å². The van der Waals surface area contributed by atoms with Gasteiger partial charge in [0.1, 0.15) is 42.7 Å². The van der Waals surface area contributed by atoms with Gasteiger partial charge in [-0.3, -0.25) is 23.0 Å². The molecule has 0 bridgehead atoms. The fourth-order valence-electron chi connectivity index (χ4n) is 2.97. The maximum Gasteiger partial charge on any atom is 0.398 e. The molecular weight excluding hydrogens is 654 g/mol. The Morgan fingerprint density at radius 1 is 0.750 bits per heavy atom. The van der Waals surface area contributed by atoms with Gasteiger partial charge in [0.05, 0.1) is 13.2 Å². The van der Waals surface area contributed by atoms with Crippen molar-refractivity contribution in [1.29, 1.82) is 0 Å². The minimum absolute atomic E-state index is 1.07. The minimum atomic E-state index is -6.01. The molecule has 1 heterocycles. The monoisotopic (exact) mass is 677 g/mol. The summed E-state index contributed by atoms with van der Waals surface area (Å²) >= 11 is 0. The summed E-state index contributed by atoms with van der Waals surface area (Å²) in [6.45, 7) is -2.89. The van der Waals surface area contributed by atoms with E-state index in [1.807, 2.05) is 0 Å². The Morgan fingerprint density at radius 3 is 1.65 bits per heavy atom. The van der Waals surface area contributed by atoms with Crippen LogP contribution in [0.4, 0.5) is 0 Å². The summed E-state index contributed by atoms with van der Waals surface area (Å²) in [6.07, 6.45) is -23.4. The zero-order valence-corrected chi connectivity index (χ0v) is 22.2. The Hall–Kier alpha value is -1.29. The molecule has 0 aromatic rings. The summed E-state index contributed by atoms with van der Waals surface area (Å²) < 4.78 is 146. The molecule has 1 saturated heterocycles. The molecule has 10 N–H and O–H groups in total. The molecule has 1 aliphatic heterocycles. The zero-order valence-electron chi connectivity index (χ0n) is 19.0. The molecule has 24 nitrogen and oxygen atoms in total. The molecule has 1 rings (SSSR count). The van der Waals surface area contributed by atoms with Crippen molar-refractivity contribution in [2.24, 2.45) is 0 Å². The van der Waals surface area contributed by atoms with Crippen molar-refractivity contribution in [2.75, 3.05) is 13.2 Å². The summed E-state index contributed by atoms with van der Waals surface area (Å²) in [5.41, 5.74) is 0. The summed E-state index contributed by atoms with van der Waals surface area (Å²) in [6, 6.07) is 0. The van der Waals surface area contributed by atoms with Gasteiger partial charge in [0.2, 0.25) is 0 Å². The summed E-state index contributed by atoms with van der Waals surface area (Å²) in [5.74, 6) is -2.15. The number of ether oxygens (including phenoxy) is 1. The SMILES string of the molecule is O=C(NC1O[C@H](CO)[C@H](O)[C@H](O)[C@H]1O)[C@H](OS(=O)(=O)O)[C@@H](OS(=O)(=O)O)[C@H](OS(=O)(=O)O)[C@H](O)COS(=O)(=O)O. The van der Waals surface area contributed by atoms with Crippen LogP contribution in [-0.4, -0.2) is 152 Å². The summed E-state index contributed by atoms with van der Waals surface area (Å²) in [4.78, 5) is 12.9. The smallest absolute Gasteiger partial charge is 0.394 e. The molecule has 0 spiro atoms. The molecule has 0 aliphatic carbocycles. The lowest BCUT2D eigenvalue weighted by Crippen LogP contribution is -2.65. The van der Waals surface area contributed by atoms with Crippen molar-refractivity contribution in [3.05, 3.63) is 0 Å². The molecule has 0 saturated carbocycles. The predicted molar refractivity (Wildman–Crippen MR) is 115 cm³/mol. The van der Waals surface area contributed by atoms with Gasteiger partial charge in [-0.15, -0.1) is 0 Å². The Bertz CT molecular complexity index is 1290. The van der Waals surface area contributed by atoms with Crippen LogP contribution in [0, 0.1) is 0 Å². The van der Waals surface area contributed by atoms with E-state index in [-0.39, 0.29) is 0 Å². The Morgan fingerprint density at radius 2 is 1.23 bits per heavy atom. The first kappa shape index (κ1) is 36.7. The minimum Gasteiger partial charge on any atom is -0.394 e. The van der Waals surface area contributed by atoms with E-state index in [9.17, 15) is 64.0 Å². The number of aliphatic hydroxyl groups excluding tert-OH is 5. The van der Waals surface area contributed by atoms with Crippen LogP contribution in [-0.2, 0) is 67.9 Å². The van der Waals surface area contributed by atoms with Crippen molar-refractivity contribution < 1.29 is 104 Å². The fraction of sp³-hybridized carbons (Fsp3) is 0.917. The predicted octanol–water partition coefficient (Wildman–Crippen LogP) is -7.35. The third kappa shape index (κ3) is 12.3. The van der Waals surface area contributed by atoms with Gasteiger partial charge >= 0.3 is 41.6 Å². The number of rotatable bonds is 15. The Balaban J connectivity index is 3.64. The number of aliphatic hydroxyl groups is 5. The first-order valence-corrected chi connectivity index (χ1v) is 15.2. The standard InChI is InChI=1S/C12H23NO23S4/c14-1-4-5(16)6(17)7(18)12(33-4)13-11(19)10(36-40(29,30)31)9(35-39(26,27)28)8(34-38(23,24)25)3(15)2-32-37(20,21)22/h3-10,12,14-18H,1-2H2,(H,13,19)(H,20,21,22)(H,23,24,25)(H,26,27,28)(H,29,30,31)/t3-,4-,5+,6+,7-,8-,9+,10-,12?/m1/s1. The maximum absolute atomic E-state index is 12.9. The molecule has 28 heteroatoms. The number of hydrogen-bond donors (Lipinski definition) is 10. The van der Waals surface area contributed by atoms with Gasteiger partial charge in [-0.2, -0.15) is 33.7 Å². The molecule has 1 fully saturated rings.